The van der Waals surface area contributed by atoms with Crippen LogP contribution in [0.15, 0.2) is 36.5 Å². The molecule has 0 aromatic carbocycles. The number of methoxy groups -OCH3 is 1. The Kier molecular flexibility index (Phi) is 3.49. The highest BCUT2D eigenvalue weighted by Gasteiger charge is 1.99. The lowest BCUT2D eigenvalue weighted by atomic mass is 10.2. The molecule has 5 heteroatoms. The van der Waals surface area contributed by atoms with Crippen molar-refractivity contribution in [2.75, 3.05) is 12.4 Å². The molecule has 2 aromatic rings. The van der Waals surface area contributed by atoms with Gasteiger partial charge >= 0.3 is 0 Å². The molecule has 0 atom stereocenters. The van der Waals surface area contributed by atoms with Crippen molar-refractivity contribution < 1.29 is 9.13 Å². The molecular formula is C12H12FN3O. The van der Waals surface area contributed by atoms with Crippen LogP contribution < -0.4 is 10.1 Å². The zero-order valence-electron chi connectivity index (χ0n) is 9.35. The number of aromatic nitrogens is 2. The van der Waals surface area contributed by atoms with Crippen molar-refractivity contribution in [1.29, 1.82) is 0 Å². The van der Waals surface area contributed by atoms with Crippen LogP contribution in [0.2, 0.25) is 0 Å². The van der Waals surface area contributed by atoms with Gasteiger partial charge in [-0.15, -0.1) is 0 Å². The first-order chi connectivity index (χ1) is 8.28. The van der Waals surface area contributed by atoms with Crippen molar-refractivity contribution in [3.63, 3.8) is 0 Å². The summed E-state index contributed by atoms with van der Waals surface area (Å²) in [4.78, 5) is 7.71. The zero-order valence-corrected chi connectivity index (χ0v) is 9.35. The van der Waals surface area contributed by atoms with E-state index in [2.05, 4.69) is 15.3 Å². The molecular weight excluding hydrogens is 221 g/mol. The molecule has 17 heavy (non-hydrogen) atoms. The van der Waals surface area contributed by atoms with Crippen LogP contribution in [0.4, 0.5) is 10.2 Å². The molecule has 0 aliphatic heterocycles. The lowest BCUT2D eigenvalue weighted by molar-refractivity contribution is 0.397. The van der Waals surface area contributed by atoms with Gasteiger partial charge in [-0.1, -0.05) is 6.07 Å². The van der Waals surface area contributed by atoms with Crippen molar-refractivity contribution in [3.8, 4) is 5.88 Å². The Hall–Kier alpha value is -2.17. The minimum Gasteiger partial charge on any atom is -0.481 e. The van der Waals surface area contributed by atoms with E-state index in [4.69, 9.17) is 4.74 Å². The summed E-state index contributed by atoms with van der Waals surface area (Å²) in [6.45, 7) is 0.537. The second kappa shape index (κ2) is 5.25. The second-order valence-electron chi connectivity index (χ2n) is 3.41. The minimum absolute atomic E-state index is 0.498. The van der Waals surface area contributed by atoms with Crippen LogP contribution >= 0.6 is 0 Å². The topological polar surface area (TPSA) is 47.0 Å². The van der Waals surface area contributed by atoms with Crippen molar-refractivity contribution in [3.05, 3.63) is 48.0 Å². The predicted octanol–water partition coefficient (Wildman–Crippen LogP) is 2.24. The molecule has 0 spiro atoms. The van der Waals surface area contributed by atoms with Crippen molar-refractivity contribution in [2.45, 2.75) is 6.54 Å². The average Bonchev–Trinajstić information content (AvgIpc) is 2.37. The third-order valence-electron chi connectivity index (χ3n) is 2.20. The molecule has 0 aliphatic rings. The molecule has 0 aliphatic carbocycles. The highest BCUT2D eigenvalue weighted by atomic mass is 19.1. The Labute approximate surface area is 98.5 Å². The first kappa shape index (κ1) is 11.3. The summed E-state index contributed by atoms with van der Waals surface area (Å²) in [5.41, 5.74) is 0.989. The van der Waals surface area contributed by atoms with Gasteiger partial charge in [-0.2, -0.15) is 4.39 Å². The number of ether oxygens (including phenoxy) is 1. The molecule has 88 valence electrons. The number of halogens is 1. The fraction of sp³-hybridized carbons (Fsp3) is 0.167. The van der Waals surface area contributed by atoms with Crippen LogP contribution in [0.3, 0.4) is 0 Å². The molecule has 2 aromatic heterocycles. The van der Waals surface area contributed by atoms with E-state index in [0.29, 0.717) is 18.2 Å². The predicted molar refractivity (Wildman–Crippen MR) is 62.3 cm³/mol. The number of nitrogens with one attached hydrogen (secondary N) is 1. The Morgan fingerprint density at radius 3 is 3.00 bits per heavy atom. The van der Waals surface area contributed by atoms with Gasteiger partial charge in [-0.25, -0.2) is 9.97 Å². The van der Waals surface area contributed by atoms with Crippen LogP contribution in [-0.2, 0) is 6.54 Å². The maximum Gasteiger partial charge on any atom is 0.214 e. The van der Waals surface area contributed by atoms with E-state index in [9.17, 15) is 4.39 Å². The van der Waals surface area contributed by atoms with Crippen LogP contribution in [0.1, 0.15) is 5.56 Å². The summed E-state index contributed by atoms with van der Waals surface area (Å²) >= 11 is 0. The smallest absolute Gasteiger partial charge is 0.214 e. The maximum absolute atomic E-state index is 12.8. The van der Waals surface area contributed by atoms with Crippen molar-refractivity contribution >= 4 is 5.82 Å². The lowest BCUT2D eigenvalue weighted by Gasteiger charge is -2.06. The third-order valence-corrected chi connectivity index (χ3v) is 2.20. The summed E-state index contributed by atoms with van der Waals surface area (Å²) in [5, 5.41) is 3.02. The summed E-state index contributed by atoms with van der Waals surface area (Å²) < 4.78 is 17.8. The van der Waals surface area contributed by atoms with Crippen LogP contribution in [-0.4, -0.2) is 17.1 Å². The van der Waals surface area contributed by atoms with Gasteiger partial charge in [0.15, 0.2) is 0 Å². The highest BCUT2D eigenvalue weighted by molar-refractivity contribution is 5.35. The van der Waals surface area contributed by atoms with Gasteiger partial charge < -0.3 is 10.1 Å². The SMILES string of the molecule is COc1cc(CNc2cccc(F)n2)ccn1. The Balaban J connectivity index is 2.02. The average molecular weight is 233 g/mol. The second-order valence-corrected chi connectivity index (χ2v) is 3.41. The Morgan fingerprint density at radius 2 is 2.24 bits per heavy atom. The summed E-state index contributed by atoms with van der Waals surface area (Å²) in [7, 11) is 1.56. The standard InChI is InChI=1S/C12H12FN3O/c1-17-12-7-9(5-6-14-12)8-15-11-4-2-3-10(13)16-11/h2-7H,8H2,1H3,(H,15,16). The monoisotopic (exact) mass is 233 g/mol. The quantitative estimate of drug-likeness (QED) is 0.823. The summed E-state index contributed by atoms with van der Waals surface area (Å²) in [5.74, 6) is 0.555. The van der Waals surface area contributed by atoms with Crippen LogP contribution in [0, 0.1) is 5.95 Å². The fourth-order valence-corrected chi connectivity index (χ4v) is 1.37. The molecule has 0 saturated heterocycles. The van der Waals surface area contributed by atoms with E-state index in [1.54, 1.807) is 25.4 Å². The number of hydrogen-bond donors (Lipinski definition) is 1. The van der Waals surface area contributed by atoms with E-state index >= 15 is 0 Å². The van der Waals surface area contributed by atoms with Gasteiger partial charge in [0.05, 0.1) is 7.11 Å². The van der Waals surface area contributed by atoms with E-state index < -0.39 is 5.95 Å². The number of pyridine rings is 2. The van der Waals surface area contributed by atoms with Gasteiger partial charge in [-0.3, -0.25) is 0 Å². The van der Waals surface area contributed by atoms with E-state index in [0.717, 1.165) is 5.56 Å². The van der Waals surface area contributed by atoms with E-state index in [1.807, 2.05) is 12.1 Å². The Morgan fingerprint density at radius 1 is 1.35 bits per heavy atom. The van der Waals surface area contributed by atoms with Gasteiger partial charge in [-0.05, 0) is 23.8 Å². The van der Waals surface area contributed by atoms with Gasteiger partial charge in [0.1, 0.15) is 5.82 Å². The molecule has 0 unspecified atom stereocenters. The molecule has 2 rings (SSSR count). The molecule has 2 heterocycles. The molecule has 0 amide bonds. The largest absolute Gasteiger partial charge is 0.481 e. The number of nitrogens with zero attached hydrogens (tertiary/aromatic N) is 2. The number of hydrogen-bond acceptors (Lipinski definition) is 4. The fourth-order valence-electron chi connectivity index (χ4n) is 1.37. The molecule has 4 nitrogen and oxygen atoms in total. The number of anilines is 1. The first-order valence-corrected chi connectivity index (χ1v) is 5.13. The van der Waals surface area contributed by atoms with Gasteiger partial charge in [0.25, 0.3) is 0 Å². The Bertz CT molecular complexity index is 505. The van der Waals surface area contributed by atoms with Crippen molar-refractivity contribution in [2.24, 2.45) is 0 Å². The van der Waals surface area contributed by atoms with Gasteiger partial charge in [0, 0.05) is 18.8 Å². The highest BCUT2D eigenvalue weighted by Crippen LogP contribution is 2.11. The minimum atomic E-state index is -0.498. The first-order valence-electron chi connectivity index (χ1n) is 5.13. The molecule has 1 N–H and O–H groups in total. The number of rotatable bonds is 4. The molecule has 0 bridgehead atoms. The lowest BCUT2D eigenvalue weighted by Crippen LogP contribution is -2.02. The molecule has 0 radical (unpaired) electrons. The zero-order chi connectivity index (χ0) is 12.1. The van der Waals surface area contributed by atoms with Crippen LogP contribution in [0.25, 0.3) is 0 Å². The molecule has 0 saturated carbocycles. The summed E-state index contributed by atoms with van der Waals surface area (Å²) in [6, 6.07) is 8.29. The molecule has 0 fully saturated rings. The van der Waals surface area contributed by atoms with Crippen LogP contribution in [0.5, 0.6) is 5.88 Å². The van der Waals surface area contributed by atoms with E-state index in [1.165, 1.54) is 6.07 Å². The van der Waals surface area contributed by atoms with Crippen molar-refractivity contribution in [1.82, 2.24) is 9.97 Å². The van der Waals surface area contributed by atoms with E-state index in [-0.39, 0.29) is 0 Å². The summed E-state index contributed by atoms with van der Waals surface area (Å²) in [6.07, 6.45) is 1.66. The van der Waals surface area contributed by atoms with Gasteiger partial charge in [0.2, 0.25) is 11.8 Å². The normalized spacial score (nSPS) is 10.0. The third kappa shape index (κ3) is 3.14. The maximum atomic E-state index is 12.8.